The van der Waals surface area contributed by atoms with E-state index in [4.69, 9.17) is 0 Å². The van der Waals surface area contributed by atoms with Gasteiger partial charge in [-0.25, -0.2) is 0 Å². The first kappa shape index (κ1) is 14.9. The minimum absolute atomic E-state index is 0.525. The lowest BCUT2D eigenvalue weighted by Crippen LogP contribution is -2.31. The summed E-state index contributed by atoms with van der Waals surface area (Å²) in [6.45, 7) is 7.78. The molecule has 2 atom stereocenters. The SMILES string of the molecule is CCNC(c1ccc(C(C)C)cc1)C1CCCCS1. The highest BCUT2D eigenvalue weighted by Crippen LogP contribution is 2.35. The summed E-state index contributed by atoms with van der Waals surface area (Å²) < 4.78 is 0. The molecular formula is C17H27NS. The van der Waals surface area contributed by atoms with E-state index in [9.17, 15) is 0 Å². The molecule has 0 spiro atoms. The highest BCUT2D eigenvalue weighted by molar-refractivity contribution is 8.00. The fourth-order valence-electron chi connectivity index (χ4n) is 2.80. The molecule has 2 heteroatoms. The Morgan fingerprint density at radius 3 is 2.37 bits per heavy atom. The molecule has 1 aromatic rings. The number of benzene rings is 1. The van der Waals surface area contributed by atoms with E-state index in [0.29, 0.717) is 12.0 Å². The van der Waals surface area contributed by atoms with Crippen molar-refractivity contribution < 1.29 is 0 Å². The van der Waals surface area contributed by atoms with Gasteiger partial charge in [0.25, 0.3) is 0 Å². The predicted molar refractivity (Wildman–Crippen MR) is 87.0 cm³/mol. The zero-order chi connectivity index (χ0) is 13.7. The Balaban J connectivity index is 2.13. The van der Waals surface area contributed by atoms with Crippen molar-refractivity contribution in [2.75, 3.05) is 12.3 Å². The minimum atomic E-state index is 0.525. The molecule has 1 fully saturated rings. The number of hydrogen-bond acceptors (Lipinski definition) is 2. The Kier molecular flexibility index (Phi) is 5.77. The van der Waals surface area contributed by atoms with Gasteiger partial charge in [0.1, 0.15) is 0 Å². The van der Waals surface area contributed by atoms with Crippen molar-refractivity contribution >= 4 is 11.8 Å². The maximum absolute atomic E-state index is 3.70. The standard InChI is InChI=1S/C17H27NS/c1-4-18-17(16-7-5-6-12-19-16)15-10-8-14(9-11-15)13(2)3/h8-11,13,16-18H,4-7,12H2,1-3H3. The monoisotopic (exact) mass is 277 g/mol. The van der Waals surface area contributed by atoms with Crippen LogP contribution >= 0.6 is 11.8 Å². The van der Waals surface area contributed by atoms with Crippen LogP contribution in [0.25, 0.3) is 0 Å². The second-order valence-corrected chi connectivity index (χ2v) is 7.11. The van der Waals surface area contributed by atoms with E-state index >= 15 is 0 Å². The maximum Gasteiger partial charge on any atom is 0.0440 e. The molecule has 106 valence electrons. The third kappa shape index (κ3) is 4.00. The van der Waals surface area contributed by atoms with Gasteiger partial charge in [-0.2, -0.15) is 11.8 Å². The molecule has 0 aliphatic carbocycles. The van der Waals surface area contributed by atoms with Crippen molar-refractivity contribution in [2.45, 2.75) is 57.2 Å². The van der Waals surface area contributed by atoms with E-state index in [2.05, 4.69) is 62.1 Å². The summed E-state index contributed by atoms with van der Waals surface area (Å²) in [7, 11) is 0. The summed E-state index contributed by atoms with van der Waals surface area (Å²) in [5, 5.41) is 4.45. The van der Waals surface area contributed by atoms with Gasteiger partial charge in [-0.05, 0) is 42.2 Å². The number of nitrogens with one attached hydrogen (secondary N) is 1. The molecule has 0 amide bonds. The quantitative estimate of drug-likeness (QED) is 0.834. The average Bonchev–Trinajstić information content (AvgIpc) is 2.46. The fraction of sp³-hybridized carbons (Fsp3) is 0.647. The molecule has 0 radical (unpaired) electrons. The van der Waals surface area contributed by atoms with Gasteiger partial charge < -0.3 is 5.32 Å². The average molecular weight is 277 g/mol. The number of thioether (sulfide) groups is 1. The largest absolute Gasteiger partial charge is 0.309 e. The van der Waals surface area contributed by atoms with E-state index in [-0.39, 0.29) is 0 Å². The highest BCUT2D eigenvalue weighted by atomic mass is 32.2. The molecule has 1 N–H and O–H groups in total. The van der Waals surface area contributed by atoms with Crippen molar-refractivity contribution in [3.05, 3.63) is 35.4 Å². The van der Waals surface area contributed by atoms with Crippen LogP contribution in [0.4, 0.5) is 0 Å². The van der Waals surface area contributed by atoms with Crippen molar-refractivity contribution in [2.24, 2.45) is 0 Å². The van der Waals surface area contributed by atoms with Crippen LogP contribution in [-0.4, -0.2) is 17.5 Å². The van der Waals surface area contributed by atoms with E-state index < -0.39 is 0 Å². The van der Waals surface area contributed by atoms with Crippen LogP contribution in [-0.2, 0) is 0 Å². The molecule has 1 aliphatic rings. The molecule has 1 saturated heterocycles. The van der Waals surface area contributed by atoms with Gasteiger partial charge in [0.05, 0.1) is 0 Å². The Labute approximate surface area is 122 Å². The topological polar surface area (TPSA) is 12.0 Å². The molecule has 1 aliphatic heterocycles. The van der Waals surface area contributed by atoms with Gasteiger partial charge in [0, 0.05) is 11.3 Å². The molecular weight excluding hydrogens is 250 g/mol. The first-order valence-electron chi connectivity index (χ1n) is 7.67. The zero-order valence-corrected chi connectivity index (χ0v) is 13.3. The lowest BCUT2D eigenvalue weighted by Gasteiger charge is -2.31. The predicted octanol–water partition coefficient (Wildman–Crippen LogP) is 4.75. The van der Waals surface area contributed by atoms with Crippen LogP contribution in [0.5, 0.6) is 0 Å². The third-order valence-electron chi connectivity index (χ3n) is 3.97. The van der Waals surface area contributed by atoms with Gasteiger partial charge in [0.15, 0.2) is 0 Å². The molecule has 2 rings (SSSR count). The lowest BCUT2D eigenvalue weighted by atomic mass is 9.96. The summed E-state index contributed by atoms with van der Waals surface area (Å²) in [6, 6.07) is 9.79. The van der Waals surface area contributed by atoms with Gasteiger partial charge in [0.2, 0.25) is 0 Å². The smallest absolute Gasteiger partial charge is 0.0440 e. The fourth-order valence-corrected chi connectivity index (χ4v) is 4.25. The molecule has 0 bridgehead atoms. The molecule has 0 aromatic heterocycles. The summed E-state index contributed by atoms with van der Waals surface area (Å²) in [4.78, 5) is 0. The Hall–Kier alpha value is -0.470. The number of rotatable bonds is 5. The van der Waals surface area contributed by atoms with Crippen LogP contribution in [0.1, 0.15) is 63.1 Å². The second kappa shape index (κ2) is 7.35. The van der Waals surface area contributed by atoms with Crippen molar-refractivity contribution in [1.82, 2.24) is 5.32 Å². The van der Waals surface area contributed by atoms with Crippen LogP contribution in [0.15, 0.2) is 24.3 Å². The van der Waals surface area contributed by atoms with Crippen LogP contribution in [0.3, 0.4) is 0 Å². The summed E-state index contributed by atoms with van der Waals surface area (Å²) in [6.07, 6.45) is 4.14. The van der Waals surface area contributed by atoms with Gasteiger partial charge in [-0.1, -0.05) is 51.5 Å². The lowest BCUT2D eigenvalue weighted by molar-refractivity contribution is 0.491. The van der Waals surface area contributed by atoms with Gasteiger partial charge in [-0.15, -0.1) is 0 Å². The zero-order valence-electron chi connectivity index (χ0n) is 12.5. The molecule has 1 nitrogen and oxygen atoms in total. The van der Waals surface area contributed by atoms with E-state index in [1.54, 1.807) is 0 Å². The summed E-state index contributed by atoms with van der Waals surface area (Å²) in [5.41, 5.74) is 2.90. The van der Waals surface area contributed by atoms with Crippen molar-refractivity contribution in [3.8, 4) is 0 Å². The first-order chi connectivity index (χ1) is 9.22. The molecule has 2 unspecified atom stereocenters. The van der Waals surface area contributed by atoms with Crippen molar-refractivity contribution in [3.63, 3.8) is 0 Å². The molecule has 0 saturated carbocycles. The van der Waals surface area contributed by atoms with Crippen molar-refractivity contribution in [1.29, 1.82) is 0 Å². The van der Waals surface area contributed by atoms with Crippen LogP contribution in [0.2, 0.25) is 0 Å². The van der Waals surface area contributed by atoms with Crippen LogP contribution < -0.4 is 5.32 Å². The second-order valence-electron chi connectivity index (χ2n) is 5.76. The van der Waals surface area contributed by atoms with Gasteiger partial charge in [-0.3, -0.25) is 0 Å². The molecule has 1 heterocycles. The minimum Gasteiger partial charge on any atom is -0.309 e. The Morgan fingerprint density at radius 2 is 1.84 bits per heavy atom. The Morgan fingerprint density at radius 1 is 1.16 bits per heavy atom. The number of hydrogen-bond donors (Lipinski definition) is 1. The molecule has 19 heavy (non-hydrogen) atoms. The van der Waals surface area contributed by atoms with E-state index in [1.165, 1.54) is 36.1 Å². The van der Waals surface area contributed by atoms with Gasteiger partial charge >= 0.3 is 0 Å². The normalized spacial score (nSPS) is 21.6. The molecule has 1 aromatic carbocycles. The maximum atomic E-state index is 3.70. The Bertz CT molecular complexity index is 365. The summed E-state index contributed by atoms with van der Waals surface area (Å²) in [5.74, 6) is 1.95. The van der Waals surface area contributed by atoms with Crippen LogP contribution in [0, 0.1) is 0 Å². The first-order valence-corrected chi connectivity index (χ1v) is 8.72. The highest BCUT2D eigenvalue weighted by Gasteiger charge is 2.24. The van der Waals surface area contributed by atoms with E-state index in [1.807, 2.05) is 0 Å². The van der Waals surface area contributed by atoms with E-state index in [0.717, 1.165) is 11.8 Å². The summed E-state index contributed by atoms with van der Waals surface area (Å²) >= 11 is 2.15. The third-order valence-corrected chi connectivity index (χ3v) is 5.43.